The second kappa shape index (κ2) is 6.93. The Morgan fingerprint density at radius 2 is 1.48 bits per heavy atom. The Bertz CT molecular complexity index is 1180. The third kappa shape index (κ3) is 3.02. The monoisotopic (exact) mass is 351 g/mol. The van der Waals surface area contributed by atoms with Gasteiger partial charge in [0.1, 0.15) is 0 Å². The number of carboxylic acid groups (broad SMARTS) is 1. The molecule has 0 heterocycles. The van der Waals surface area contributed by atoms with Crippen molar-refractivity contribution < 1.29 is 9.90 Å². The average molecular weight is 351 g/mol. The maximum absolute atomic E-state index is 11.9. The van der Waals surface area contributed by atoms with E-state index in [1.165, 1.54) is 0 Å². The van der Waals surface area contributed by atoms with Crippen LogP contribution in [0.4, 0.5) is 0 Å². The normalized spacial score (nSPS) is 13.1. The minimum Gasteiger partial charge on any atom is -0.480 e. The van der Waals surface area contributed by atoms with Gasteiger partial charge >= 0.3 is 5.97 Å². The van der Waals surface area contributed by atoms with E-state index in [2.05, 4.69) is 0 Å². The van der Waals surface area contributed by atoms with Crippen LogP contribution in [-0.2, 0) is 4.79 Å². The van der Waals surface area contributed by atoms with Crippen molar-refractivity contribution in [3.8, 4) is 6.07 Å². The summed E-state index contributed by atoms with van der Waals surface area (Å²) in [6.07, 6.45) is 0. The third-order valence-electron chi connectivity index (χ3n) is 5.03. The summed E-state index contributed by atoms with van der Waals surface area (Å²) in [7, 11) is 0. The standard InChI is InChI=1S/C24H17NO2/c25-15-22(24(26)27)23(19-13-12-16-6-1-2-8-18(16)14-19)21-11-5-9-17-7-3-4-10-20(17)21/h1-14,22-23H,(H,26,27). The molecule has 3 nitrogen and oxygen atoms in total. The Balaban J connectivity index is 1.99. The Morgan fingerprint density at radius 1 is 0.815 bits per heavy atom. The second-order valence-electron chi connectivity index (χ2n) is 6.60. The molecule has 0 bridgehead atoms. The fraction of sp³-hybridized carbons (Fsp3) is 0.0833. The summed E-state index contributed by atoms with van der Waals surface area (Å²) in [6.45, 7) is 0. The largest absolute Gasteiger partial charge is 0.480 e. The van der Waals surface area contributed by atoms with Crippen molar-refractivity contribution in [3.63, 3.8) is 0 Å². The first-order valence-electron chi connectivity index (χ1n) is 8.78. The summed E-state index contributed by atoms with van der Waals surface area (Å²) < 4.78 is 0. The number of hydrogen-bond acceptors (Lipinski definition) is 2. The summed E-state index contributed by atoms with van der Waals surface area (Å²) in [4.78, 5) is 11.9. The van der Waals surface area contributed by atoms with Crippen LogP contribution in [0.1, 0.15) is 17.0 Å². The molecule has 3 heteroatoms. The number of aliphatic carboxylic acids is 1. The summed E-state index contributed by atoms with van der Waals surface area (Å²) in [6, 6.07) is 29.6. The van der Waals surface area contributed by atoms with Crippen molar-refractivity contribution in [1.82, 2.24) is 0 Å². The van der Waals surface area contributed by atoms with Crippen LogP contribution in [0, 0.1) is 17.2 Å². The van der Waals surface area contributed by atoms with Crippen LogP contribution in [0.2, 0.25) is 0 Å². The lowest BCUT2D eigenvalue weighted by Crippen LogP contribution is -2.22. The summed E-state index contributed by atoms with van der Waals surface area (Å²) in [5, 5.41) is 23.5. The van der Waals surface area contributed by atoms with Crippen molar-refractivity contribution in [3.05, 3.63) is 96.1 Å². The molecule has 0 aliphatic heterocycles. The fourth-order valence-electron chi connectivity index (χ4n) is 3.75. The first-order valence-corrected chi connectivity index (χ1v) is 8.78. The first-order chi connectivity index (χ1) is 13.2. The highest BCUT2D eigenvalue weighted by Crippen LogP contribution is 2.37. The summed E-state index contributed by atoms with van der Waals surface area (Å²) in [5.74, 6) is -2.83. The molecule has 0 aliphatic rings. The van der Waals surface area contributed by atoms with Gasteiger partial charge in [0.05, 0.1) is 6.07 Å². The van der Waals surface area contributed by atoms with Crippen molar-refractivity contribution in [2.24, 2.45) is 5.92 Å². The molecule has 2 atom stereocenters. The maximum Gasteiger partial charge on any atom is 0.321 e. The van der Waals surface area contributed by atoms with Gasteiger partial charge in [0.15, 0.2) is 5.92 Å². The summed E-state index contributed by atoms with van der Waals surface area (Å²) >= 11 is 0. The van der Waals surface area contributed by atoms with Crippen LogP contribution < -0.4 is 0 Å². The highest BCUT2D eigenvalue weighted by Gasteiger charge is 2.32. The maximum atomic E-state index is 11.9. The highest BCUT2D eigenvalue weighted by molar-refractivity contribution is 5.89. The van der Waals surface area contributed by atoms with E-state index in [-0.39, 0.29) is 0 Å². The molecule has 0 saturated carbocycles. The zero-order valence-corrected chi connectivity index (χ0v) is 14.5. The SMILES string of the molecule is N#CC(C(=O)O)C(c1ccc2ccccc2c1)c1cccc2ccccc12. The zero-order valence-electron chi connectivity index (χ0n) is 14.5. The topological polar surface area (TPSA) is 61.1 Å². The van der Waals surface area contributed by atoms with Gasteiger partial charge in [-0.15, -0.1) is 0 Å². The molecule has 0 spiro atoms. The van der Waals surface area contributed by atoms with Gasteiger partial charge in [-0.25, -0.2) is 0 Å². The van der Waals surface area contributed by atoms with Gasteiger partial charge < -0.3 is 5.11 Å². The van der Waals surface area contributed by atoms with Gasteiger partial charge in [-0.3, -0.25) is 4.79 Å². The molecule has 130 valence electrons. The number of nitrogens with zero attached hydrogens (tertiary/aromatic N) is 1. The molecule has 4 aromatic carbocycles. The predicted octanol–water partition coefficient (Wildman–Crippen LogP) is 5.35. The van der Waals surface area contributed by atoms with Crippen LogP contribution in [-0.4, -0.2) is 11.1 Å². The minimum atomic E-state index is -1.17. The number of rotatable bonds is 4. The number of benzene rings is 4. The molecule has 0 radical (unpaired) electrons. The molecule has 2 unspecified atom stereocenters. The predicted molar refractivity (Wildman–Crippen MR) is 106 cm³/mol. The smallest absolute Gasteiger partial charge is 0.321 e. The van der Waals surface area contributed by atoms with Crippen LogP contribution in [0.5, 0.6) is 0 Å². The molecule has 0 aromatic heterocycles. The third-order valence-corrected chi connectivity index (χ3v) is 5.03. The number of nitriles is 1. The van der Waals surface area contributed by atoms with E-state index < -0.39 is 17.8 Å². The van der Waals surface area contributed by atoms with Gasteiger partial charge in [0.2, 0.25) is 0 Å². The average Bonchev–Trinajstić information content (AvgIpc) is 2.71. The van der Waals surface area contributed by atoms with Crippen LogP contribution in [0.3, 0.4) is 0 Å². The minimum absolute atomic E-state index is 0.553. The Hall–Kier alpha value is -3.64. The van der Waals surface area contributed by atoms with E-state index in [4.69, 9.17) is 0 Å². The Kier molecular flexibility index (Phi) is 4.32. The lowest BCUT2D eigenvalue weighted by molar-refractivity contribution is -0.140. The Labute approximate surface area is 157 Å². The molecular weight excluding hydrogens is 334 g/mol. The van der Waals surface area contributed by atoms with Gasteiger partial charge in [0.25, 0.3) is 0 Å². The number of carbonyl (C=O) groups is 1. The molecule has 0 amide bonds. The van der Waals surface area contributed by atoms with E-state index in [9.17, 15) is 15.2 Å². The van der Waals surface area contributed by atoms with E-state index in [0.29, 0.717) is 0 Å². The molecular formula is C24H17NO2. The second-order valence-corrected chi connectivity index (χ2v) is 6.60. The zero-order chi connectivity index (χ0) is 18.8. The number of hydrogen-bond donors (Lipinski definition) is 1. The van der Waals surface area contributed by atoms with Crippen LogP contribution in [0.15, 0.2) is 84.9 Å². The van der Waals surface area contributed by atoms with E-state index in [1.807, 2.05) is 91.0 Å². The number of carboxylic acids is 1. The van der Waals surface area contributed by atoms with E-state index in [0.717, 1.165) is 32.7 Å². The molecule has 1 N–H and O–H groups in total. The first kappa shape index (κ1) is 16.8. The van der Waals surface area contributed by atoms with Crippen LogP contribution >= 0.6 is 0 Å². The van der Waals surface area contributed by atoms with Crippen molar-refractivity contribution in [1.29, 1.82) is 5.26 Å². The van der Waals surface area contributed by atoms with Gasteiger partial charge in [-0.1, -0.05) is 84.9 Å². The van der Waals surface area contributed by atoms with Crippen molar-refractivity contribution >= 4 is 27.5 Å². The quantitative estimate of drug-likeness (QED) is 0.539. The molecule has 4 aromatic rings. The lowest BCUT2D eigenvalue weighted by Gasteiger charge is -2.22. The molecule has 0 saturated heterocycles. The van der Waals surface area contributed by atoms with Gasteiger partial charge in [-0.05, 0) is 32.7 Å². The van der Waals surface area contributed by atoms with E-state index >= 15 is 0 Å². The molecule has 0 fully saturated rings. The van der Waals surface area contributed by atoms with E-state index in [1.54, 1.807) is 0 Å². The number of fused-ring (bicyclic) bond motifs is 2. The molecule has 27 heavy (non-hydrogen) atoms. The van der Waals surface area contributed by atoms with Gasteiger partial charge in [-0.2, -0.15) is 5.26 Å². The molecule has 4 rings (SSSR count). The van der Waals surface area contributed by atoms with Crippen molar-refractivity contribution in [2.45, 2.75) is 5.92 Å². The molecule has 0 aliphatic carbocycles. The summed E-state index contributed by atoms with van der Waals surface area (Å²) in [5.41, 5.74) is 1.69. The van der Waals surface area contributed by atoms with Gasteiger partial charge in [0, 0.05) is 5.92 Å². The Morgan fingerprint density at radius 3 is 2.22 bits per heavy atom. The van der Waals surface area contributed by atoms with Crippen molar-refractivity contribution in [2.75, 3.05) is 0 Å². The highest BCUT2D eigenvalue weighted by atomic mass is 16.4. The fourth-order valence-corrected chi connectivity index (χ4v) is 3.75. The lowest BCUT2D eigenvalue weighted by atomic mass is 9.79. The van der Waals surface area contributed by atoms with Crippen LogP contribution in [0.25, 0.3) is 21.5 Å².